The van der Waals surface area contributed by atoms with Crippen molar-refractivity contribution in [3.63, 3.8) is 0 Å². The molecule has 0 aliphatic carbocycles. The lowest BCUT2D eigenvalue weighted by molar-refractivity contribution is -0.359. The number of carbonyl (C=O) groups excluding carboxylic acids is 1. The summed E-state index contributed by atoms with van der Waals surface area (Å²) < 4.78 is 22.5. The van der Waals surface area contributed by atoms with E-state index in [1.165, 1.54) is 135 Å². The lowest BCUT2D eigenvalue weighted by Gasteiger charge is -2.46. The molecule has 2 rings (SSSR count). The minimum absolute atomic E-state index is 0.261. The third-order valence-electron chi connectivity index (χ3n) is 13.6. The second kappa shape index (κ2) is 41.7. The monoisotopic (exact) mass is 984 g/mol. The van der Waals surface area contributed by atoms with E-state index in [0.717, 1.165) is 44.9 Å². The van der Waals surface area contributed by atoms with Gasteiger partial charge in [-0.1, -0.05) is 198 Å². The Balaban J connectivity index is 1.62. The highest BCUT2D eigenvalue weighted by molar-refractivity contribution is 5.76. The highest BCUT2D eigenvalue weighted by atomic mass is 16.7. The van der Waals surface area contributed by atoms with Crippen molar-refractivity contribution in [1.82, 2.24) is 5.32 Å². The van der Waals surface area contributed by atoms with E-state index in [1.54, 1.807) is 6.08 Å². The van der Waals surface area contributed by atoms with E-state index < -0.39 is 86.8 Å². The van der Waals surface area contributed by atoms with E-state index in [0.29, 0.717) is 12.8 Å². The van der Waals surface area contributed by atoms with Crippen molar-refractivity contribution in [2.75, 3.05) is 19.8 Å². The molecule has 404 valence electrons. The number of unbranched alkanes of at least 4 members (excludes halogenated alkanes) is 26. The summed E-state index contributed by atoms with van der Waals surface area (Å²) in [6.07, 6.45) is 33.1. The van der Waals surface area contributed by atoms with Crippen LogP contribution in [0, 0.1) is 0 Å². The van der Waals surface area contributed by atoms with Crippen LogP contribution < -0.4 is 5.32 Å². The Morgan fingerprint density at radius 2 is 0.928 bits per heavy atom. The van der Waals surface area contributed by atoms with Gasteiger partial charge >= 0.3 is 0 Å². The van der Waals surface area contributed by atoms with Crippen molar-refractivity contribution in [3.8, 4) is 0 Å². The normalized spacial score (nSPS) is 26.4. The van der Waals surface area contributed by atoms with E-state index >= 15 is 0 Å². The molecule has 0 aromatic heterocycles. The topological polar surface area (TPSA) is 228 Å². The quantitative estimate of drug-likeness (QED) is 0.0207. The van der Waals surface area contributed by atoms with Gasteiger partial charge in [-0.05, 0) is 44.9 Å². The Morgan fingerprint density at radius 3 is 1.42 bits per heavy atom. The van der Waals surface area contributed by atoms with Crippen molar-refractivity contribution in [1.29, 1.82) is 0 Å². The molecular weight excluding hydrogens is 883 g/mol. The first-order valence-corrected chi connectivity index (χ1v) is 27.7. The van der Waals surface area contributed by atoms with Crippen LogP contribution in [-0.2, 0) is 23.7 Å². The summed E-state index contributed by atoms with van der Waals surface area (Å²) in [4.78, 5) is 12.9. The first-order valence-electron chi connectivity index (χ1n) is 27.7. The molecule has 2 aliphatic rings. The van der Waals surface area contributed by atoms with E-state index in [2.05, 4.69) is 43.5 Å². The Labute approximate surface area is 417 Å². The molecule has 0 aromatic rings. The SMILES string of the molecule is CCCCCCCCCCCCCCCCCCCCCCC/C=C/CC/C=C/CC/C=C/C(O)C(COC1OC(CO)C(OC2OC(CO)C(O)C(O)C2O)C(O)C1O)NC(=O)CCCCCC. The van der Waals surface area contributed by atoms with Crippen LogP contribution in [0.2, 0.25) is 0 Å². The van der Waals surface area contributed by atoms with E-state index in [1.807, 2.05) is 6.08 Å². The molecule has 0 aromatic carbocycles. The van der Waals surface area contributed by atoms with Gasteiger partial charge in [0.05, 0.1) is 32.0 Å². The van der Waals surface area contributed by atoms with Gasteiger partial charge in [0.15, 0.2) is 12.6 Å². The van der Waals surface area contributed by atoms with Crippen molar-refractivity contribution in [3.05, 3.63) is 36.5 Å². The average molecular weight is 984 g/mol. The van der Waals surface area contributed by atoms with Crippen molar-refractivity contribution in [2.45, 2.75) is 286 Å². The molecule has 0 radical (unpaired) electrons. The first-order chi connectivity index (χ1) is 33.6. The Kier molecular flexibility index (Phi) is 38.2. The fourth-order valence-corrected chi connectivity index (χ4v) is 9.03. The van der Waals surface area contributed by atoms with Gasteiger partial charge in [0.25, 0.3) is 0 Å². The molecule has 2 saturated heterocycles. The molecule has 2 heterocycles. The lowest BCUT2D eigenvalue weighted by Crippen LogP contribution is -2.65. The number of hydrogen-bond donors (Lipinski definition) is 9. The van der Waals surface area contributed by atoms with Gasteiger partial charge in [0.2, 0.25) is 5.91 Å². The molecule has 14 nitrogen and oxygen atoms in total. The summed E-state index contributed by atoms with van der Waals surface area (Å²) in [5.74, 6) is -0.272. The van der Waals surface area contributed by atoms with Crippen molar-refractivity contribution >= 4 is 5.91 Å². The molecule has 2 aliphatic heterocycles. The maximum atomic E-state index is 12.9. The van der Waals surface area contributed by atoms with Crippen LogP contribution in [0.15, 0.2) is 36.5 Å². The van der Waals surface area contributed by atoms with Gasteiger partial charge in [0.1, 0.15) is 48.8 Å². The van der Waals surface area contributed by atoms with E-state index in [4.69, 9.17) is 18.9 Å². The molecule has 0 saturated carbocycles. The maximum absolute atomic E-state index is 12.9. The minimum atomic E-state index is -1.79. The van der Waals surface area contributed by atoms with Crippen LogP contribution in [-0.4, -0.2) is 140 Å². The van der Waals surface area contributed by atoms with Crippen LogP contribution >= 0.6 is 0 Å². The molecule has 2 fully saturated rings. The molecule has 12 unspecified atom stereocenters. The molecule has 1 amide bonds. The third-order valence-corrected chi connectivity index (χ3v) is 13.6. The molecule has 9 N–H and O–H groups in total. The summed E-state index contributed by atoms with van der Waals surface area (Å²) in [5.41, 5.74) is 0. The highest BCUT2D eigenvalue weighted by Crippen LogP contribution is 2.30. The van der Waals surface area contributed by atoms with Gasteiger partial charge in [-0.3, -0.25) is 4.79 Å². The van der Waals surface area contributed by atoms with Crippen molar-refractivity contribution < 1.29 is 64.6 Å². The standard InChI is InChI=1S/C55H101NO13/c1-3-5-7-9-10-11-12-13-14-15-16-17-18-19-20-21-22-23-24-25-26-27-28-29-30-31-32-33-34-35-36-38-44(59)43(56-47(60)39-37-8-6-4-2)42-66-54-52(65)50(63)53(46(41-58)68-54)69-55-51(64)49(62)48(61)45(40-57)67-55/h28-29,32-33,36,38,43-46,48-55,57-59,61-65H,3-27,30-31,34-35,37,39-42H2,1-2H3,(H,56,60)/b29-28+,33-32+,38-36+. The summed E-state index contributed by atoms with van der Waals surface area (Å²) in [5, 5.41) is 86.2. The fourth-order valence-electron chi connectivity index (χ4n) is 9.03. The highest BCUT2D eigenvalue weighted by Gasteiger charge is 2.51. The van der Waals surface area contributed by atoms with Crippen LogP contribution in [0.1, 0.15) is 213 Å². The first kappa shape index (κ1) is 63.3. The van der Waals surface area contributed by atoms with E-state index in [9.17, 15) is 45.6 Å². The summed E-state index contributed by atoms with van der Waals surface area (Å²) in [6, 6.07) is -0.931. The number of rotatable bonds is 43. The van der Waals surface area contributed by atoms with Gasteiger partial charge in [-0.25, -0.2) is 0 Å². The second-order valence-electron chi connectivity index (χ2n) is 19.7. The second-order valence-corrected chi connectivity index (χ2v) is 19.7. The van der Waals surface area contributed by atoms with Crippen LogP contribution in [0.5, 0.6) is 0 Å². The number of hydrogen-bond acceptors (Lipinski definition) is 13. The maximum Gasteiger partial charge on any atom is 0.220 e. The summed E-state index contributed by atoms with van der Waals surface area (Å²) in [6.45, 7) is 2.62. The lowest BCUT2D eigenvalue weighted by atomic mass is 9.97. The van der Waals surface area contributed by atoms with Gasteiger partial charge < -0.3 is 65.1 Å². The zero-order valence-corrected chi connectivity index (χ0v) is 43.1. The third kappa shape index (κ3) is 28.3. The Bertz CT molecular complexity index is 1300. The number of aliphatic hydroxyl groups is 8. The van der Waals surface area contributed by atoms with Crippen LogP contribution in [0.25, 0.3) is 0 Å². The van der Waals surface area contributed by atoms with Crippen LogP contribution in [0.3, 0.4) is 0 Å². The largest absolute Gasteiger partial charge is 0.394 e. The average Bonchev–Trinajstić information content (AvgIpc) is 3.35. The number of carbonyl (C=O) groups is 1. The number of aliphatic hydroxyl groups excluding tert-OH is 8. The number of nitrogens with one attached hydrogen (secondary N) is 1. The Hall–Kier alpha value is -1.79. The molecular formula is C55H101NO13. The zero-order valence-electron chi connectivity index (χ0n) is 43.1. The number of allylic oxidation sites excluding steroid dienone is 5. The molecule has 14 heteroatoms. The summed E-state index contributed by atoms with van der Waals surface area (Å²) in [7, 11) is 0. The van der Waals surface area contributed by atoms with E-state index in [-0.39, 0.29) is 18.9 Å². The Morgan fingerprint density at radius 1 is 0.507 bits per heavy atom. The molecule has 0 bridgehead atoms. The van der Waals surface area contributed by atoms with Gasteiger partial charge in [0, 0.05) is 6.42 Å². The molecule has 0 spiro atoms. The number of ether oxygens (including phenoxy) is 4. The predicted molar refractivity (Wildman–Crippen MR) is 272 cm³/mol. The number of amides is 1. The fraction of sp³-hybridized carbons (Fsp3) is 0.873. The summed E-state index contributed by atoms with van der Waals surface area (Å²) >= 11 is 0. The predicted octanol–water partition coefficient (Wildman–Crippen LogP) is 8.27. The van der Waals surface area contributed by atoms with Gasteiger partial charge in [-0.15, -0.1) is 0 Å². The minimum Gasteiger partial charge on any atom is -0.394 e. The zero-order chi connectivity index (χ0) is 50.3. The van der Waals surface area contributed by atoms with Crippen LogP contribution in [0.4, 0.5) is 0 Å². The van der Waals surface area contributed by atoms with Crippen molar-refractivity contribution in [2.24, 2.45) is 0 Å². The molecule has 12 atom stereocenters. The smallest absolute Gasteiger partial charge is 0.220 e. The van der Waals surface area contributed by atoms with Gasteiger partial charge in [-0.2, -0.15) is 0 Å². The molecule has 69 heavy (non-hydrogen) atoms.